The summed E-state index contributed by atoms with van der Waals surface area (Å²) in [6.45, 7) is 8.44. The van der Waals surface area contributed by atoms with Crippen LogP contribution in [0.15, 0.2) is 0 Å². The van der Waals surface area contributed by atoms with Crippen LogP contribution in [0.4, 0.5) is 0 Å². The van der Waals surface area contributed by atoms with Crippen molar-refractivity contribution in [3.63, 3.8) is 0 Å². The molecule has 0 aliphatic rings. The Morgan fingerprint density at radius 1 is 0.889 bits per heavy atom. The largest absolute Gasteiger partial charge is 0.460 e. The van der Waals surface area contributed by atoms with Crippen LogP contribution in [0.1, 0.15) is 91.9 Å². The molecular formula is C16H32O2. The SMILES string of the molecule is CCCCCCCC(=O)OC(C)(C)CCCCC. The molecule has 2 heteroatoms. The van der Waals surface area contributed by atoms with Crippen molar-refractivity contribution in [2.45, 2.75) is 97.5 Å². The van der Waals surface area contributed by atoms with E-state index in [0.717, 1.165) is 25.7 Å². The molecule has 0 amide bonds. The van der Waals surface area contributed by atoms with E-state index >= 15 is 0 Å². The van der Waals surface area contributed by atoms with Crippen molar-refractivity contribution in [2.75, 3.05) is 0 Å². The molecule has 0 atom stereocenters. The maximum absolute atomic E-state index is 11.7. The number of esters is 1. The highest BCUT2D eigenvalue weighted by Crippen LogP contribution is 2.20. The fourth-order valence-electron chi connectivity index (χ4n) is 2.08. The Hall–Kier alpha value is -0.530. The van der Waals surface area contributed by atoms with E-state index in [-0.39, 0.29) is 11.6 Å². The molecule has 2 nitrogen and oxygen atoms in total. The average Bonchev–Trinajstić information content (AvgIpc) is 2.28. The number of carbonyl (C=O) groups excluding carboxylic acids is 1. The molecule has 0 aliphatic heterocycles. The highest BCUT2D eigenvalue weighted by atomic mass is 16.6. The second-order valence-corrected chi connectivity index (χ2v) is 5.86. The lowest BCUT2D eigenvalue weighted by Gasteiger charge is -2.25. The van der Waals surface area contributed by atoms with Crippen molar-refractivity contribution in [1.82, 2.24) is 0 Å². The Balaban J connectivity index is 3.64. The highest BCUT2D eigenvalue weighted by Gasteiger charge is 2.21. The predicted octanol–water partition coefficient (Wildman–Crippen LogP) is 5.25. The zero-order valence-corrected chi connectivity index (χ0v) is 12.9. The molecular weight excluding hydrogens is 224 g/mol. The van der Waals surface area contributed by atoms with Crippen LogP contribution in [0, 0.1) is 0 Å². The zero-order valence-electron chi connectivity index (χ0n) is 12.9. The first-order valence-corrected chi connectivity index (χ1v) is 7.73. The summed E-state index contributed by atoms with van der Waals surface area (Å²) in [5.74, 6) is -0.0204. The van der Waals surface area contributed by atoms with Crippen LogP contribution < -0.4 is 0 Å². The van der Waals surface area contributed by atoms with Crippen LogP contribution in [0.5, 0.6) is 0 Å². The summed E-state index contributed by atoms with van der Waals surface area (Å²) >= 11 is 0. The van der Waals surface area contributed by atoms with Gasteiger partial charge in [0.1, 0.15) is 5.60 Å². The molecule has 0 heterocycles. The van der Waals surface area contributed by atoms with E-state index < -0.39 is 0 Å². The van der Waals surface area contributed by atoms with Crippen LogP contribution in [0.3, 0.4) is 0 Å². The lowest BCUT2D eigenvalue weighted by Crippen LogP contribution is -2.27. The quantitative estimate of drug-likeness (QED) is 0.373. The van der Waals surface area contributed by atoms with Crippen LogP contribution in [-0.4, -0.2) is 11.6 Å². The van der Waals surface area contributed by atoms with Crippen LogP contribution in [-0.2, 0) is 9.53 Å². The summed E-state index contributed by atoms with van der Waals surface area (Å²) in [6, 6.07) is 0. The number of ether oxygens (including phenoxy) is 1. The minimum absolute atomic E-state index is 0.0204. The average molecular weight is 256 g/mol. The molecule has 0 spiro atoms. The first kappa shape index (κ1) is 17.5. The Kier molecular flexibility index (Phi) is 10.1. The second-order valence-electron chi connectivity index (χ2n) is 5.86. The first-order valence-electron chi connectivity index (χ1n) is 7.73. The smallest absolute Gasteiger partial charge is 0.306 e. The monoisotopic (exact) mass is 256 g/mol. The van der Waals surface area contributed by atoms with Crippen molar-refractivity contribution >= 4 is 5.97 Å². The molecule has 0 fully saturated rings. The van der Waals surface area contributed by atoms with E-state index in [9.17, 15) is 4.79 Å². The Labute approximate surface area is 113 Å². The third kappa shape index (κ3) is 10.6. The molecule has 0 N–H and O–H groups in total. The minimum Gasteiger partial charge on any atom is -0.460 e. The Bertz CT molecular complexity index is 209. The van der Waals surface area contributed by atoms with E-state index in [1.165, 1.54) is 32.1 Å². The Morgan fingerprint density at radius 3 is 2.06 bits per heavy atom. The van der Waals surface area contributed by atoms with Gasteiger partial charge in [0, 0.05) is 6.42 Å². The molecule has 0 aromatic rings. The number of unbranched alkanes of at least 4 members (excludes halogenated alkanes) is 6. The predicted molar refractivity (Wildman–Crippen MR) is 77.7 cm³/mol. The normalized spacial score (nSPS) is 11.6. The molecule has 108 valence electrons. The maximum Gasteiger partial charge on any atom is 0.306 e. The van der Waals surface area contributed by atoms with Gasteiger partial charge in [-0.25, -0.2) is 0 Å². The van der Waals surface area contributed by atoms with E-state index in [2.05, 4.69) is 13.8 Å². The van der Waals surface area contributed by atoms with Crippen molar-refractivity contribution in [3.8, 4) is 0 Å². The molecule has 0 aromatic heterocycles. The van der Waals surface area contributed by atoms with E-state index in [1.54, 1.807) is 0 Å². The Morgan fingerprint density at radius 2 is 1.44 bits per heavy atom. The van der Waals surface area contributed by atoms with E-state index in [1.807, 2.05) is 13.8 Å². The van der Waals surface area contributed by atoms with Crippen LogP contribution >= 0.6 is 0 Å². The zero-order chi connectivity index (χ0) is 13.9. The van der Waals surface area contributed by atoms with Crippen LogP contribution in [0.25, 0.3) is 0 Å². The van der Waals surface area contributed by atoms with Gasteiger partial charge in [0.05, 0.1) is 0 Å². The standard InChI is InChI=1S/C16H32O2/c1-5-7-9-10-11-13-15(17)18-16(3,4)14-12-8-6-2/h5-14H2,1-4H3. The summed E-state index contributed by atoms with van der Waals surface area (Å²) in [5, 5.41) is 0. The van der Waals surface area contributed by atoms with E-state index in [4.69, 9.17) is 4.74 Å². The summed E-state index contributed by atoms with van der Waals surface area (Å²) in [5.41, 5.74) is -0.282. The number of rotatable bonds is 11. The molecule has 0 aliphatic carbocycles. The molecule has 0 rings (SSSR count). The summed E-state index contributed by atoms with van der Waals surface area (Å²) in [7, 11) is 0. The highest BCUT2D eigenvalue weighted by molar-refractivity contribution is 5.69. The minimum atomic E-state index is -0.282. The third-order valence-corrected chi connectivity index (χ3v) is 3.26. The molecule has 18 heavy (non-hydrogen) atoms. The molecule has 0 aromatic carbocycles. The summed E-state index contributed by atoms with van der Waals surface area (Å²) < 4.78 is 5.55. The first-order chi connectivity index (χ1) is 8.52. The van der Waals surface area contributed by atoms with Crippen molar-refractivity contribution in [1.29, 1.82) is 0 Å². The molecule has 0 saturated carbocycles. The van der Waals surface area contributed by atoms with Crippen molar-refractivity contribution < 1.29 is 9.53 Å². The summed E-state index contributed by atoms with van der Waals surface area (Å²) in [6.07, 6.45) is 11.0. The van der Waals surface area contributed by atoms with Gasteiger partial charge in [0.2, 0.25) is 0 Å². The van der Waals surface area contributed by atoms with E-state index in [0.29, 0.717) is 6.42 Å². The molecule has 0 radical (unpaired) electrons. The van der Waals surface area contributed by atoms with Crippen molar-refractivity contribution in [3.05, 3.63) is 0 Å². The van der Waals surface area contributed by atoms with Gasteiger partial charge in [-0.1, -0.05) is 52.4 Å². The topological polar surface area (TPSA) is 26.3 Å². The van der Waals surface area contributed by atoms with Gasteiger partial charge in [0.25, 0.3) is 0 Å². The third-order valence-electron chi connectivity index (χ3n) is 3.26. The second kappa shape index (κ2) is 10.4. The molecule has 0 bridgehead atoms. The number of hydrogen-bond donors (Lipinski definition) is 0. The lowest BCUT2D eigenvalue weighted by atomic mass is 10.0. The fourth-order valence-corrected chi connectivity index (χ4v) is 2.08. The number of hydrogen-bond acceptors (Lipinski definition) is 2. The molecule has 0 saturated heterocycles. The maximum atomic E-state index is 11.7. The lowest BCUT2D eigenvalue weighted by molar-refractivity contribution is -0.157. The van der Waals surface area contributed by atoms with Gasteiger partial charge in [-0.15, -0.1) is 0 Å². The van der Waals surface area contributed by atoms with Crippen molar-refractivity contribution in [2.24, 2.45) is 0 Å². The van der Waals surface area contributed by atoms with Gasteiger partial charge < -0.3 is 4.74 Å². The van der Waals surface area contributed by atoms with Crippen LogP contribution in [0.2, 0.25) is 0 Å². The molecule has 0 unspecified atom stereocenters. The fraction of sp³-hybridized carbons (Fsp3) is 0.938. The van der Waals surface area contributed by atoms with Gasteiger partial charge in [0.15, 0.2) is 0 Å². The number of carbonyl (C=O) groups is 1. The summed E-state index contributed by atoms with van der Waals surface area (Å²) in [4.78, 5) is 11.7. The van der Waals surface area contributed by atoms with Gasteiger partial charge in [-0.05, 0) is 33.1 Å². The van der Waals surface area contributed by atoms with Gasteiger partial charge in [-0.2, -0.15) is 0 Å². The van der Waals surface area contributed by atoms with Gasteiger partial charge >= 0.3 is 5.97 Å². The van der Waals surface area contributed by atoms with Gasteiger partial charge in [-0.3, -0.25) is 4.79 Å².